The molecule has 0 unspecified atom stereocenters. The number of fused-ring (bicyclic) bond motifs is 1. The van der Waals surface area contributed by atoms with E-state index >= 15 is 0 Å². The molecule has 3 aromatic rings. The van der Waals surface area contributed by atoms with Crippen molar-refractivity contribution in [2.24, 2.45) is 0 Å². The number of hydrogen-bond acceptors (Lipinski definition) is 5. The van der Waals surface area contributed by atoms with E-state index in [0.29, 0.717) is 0 Å². The summed E-state index contributed by atoms with van der Waals surface area (Å²) in [7, 11) is -4.08. The summed E-state index contributed by atoms with van der Waals surface area (Å²) in [6, 6.07) is 4.19. The standard InChI is InChI=1S/C11H7Cl2N5O3S/c12-5-2-1-3-6(8(5)13)22(20,21)18-10-7-9(14-4-15-10)16-17-11(7)19/h1-4H,(H3,14,15,16,17,18,19). The summed E-state index contributed by atoms with van der Waals surface area (Å²) in [6.45, 7) is 0. The number of benzene rings is 1. The van der Waals surface area contributed by atoms with Crippen LogP contribution in [0.5, 0.6) is 0 Å². The second kappa shape index (κ2) is 5.27. The van der Waals surface area contributed by atoms with Crippen LogP contribution >= 0.6 is 23.2 Å². The first kappa shape index (κ1) is 14.8. The van der Waals surface area contributed by atoms with Crippen molar-refractivity contribution in [1.82, 2.24) is 20.2 Å². The summed E-state index contributed by atoms with van der Waals surface area (Å²) in [5, 5.41) is 4.77. The third-order valence-electron chi connectivity index (χ3n) is 2.81. The van der Waals surface area contributed by atoms with E-state index in [9.17, 15) is 13.2 Å². The van der Waals surface area contributed by atoms with Crippen molar-refractivity contribution < 1.29 is 8.42 Å². The Morgan fingerprint density at radius 1 is 1.14 bits per heavy atom. The van der Waals surface area contributed by atoms with E-state index in [4.69, 9.17) is 23.2 Å². The number of sulfonamides is 1. The van der Waals surface area contributed by atoms with Gasteiger partial charge < -0.3 is 0 Å². The molecular formula is C11H7Cl2N5O3S. The lowest BCUT2D eigenvalue weighted by molar-refractivity contribution is 0.601. The minimum atomic E-state index is -4.08. The second-order valence-corrected chi connectivity index (χ2v) is 6.62. The minimum absolute atomic E-state index is 0.00998. The molecule has 0 radical (unpaired) electrons. The lowest BCUT2D eigenvalue weighted by Gasteiger charge is -2.09. The Morgan fingerprint density at radius 3 is 2.68 bits per heavy atom. The van der Waals surface area contributed by atoms with E-state index in [1.807, 2.05) is 0 Å². The third kappa shape index (κ3) is 2.43. The van der Waals surface area contributed by atoms with E-state index in [1.54, 1.807) is 0 Å². The highest BCUT2D eigenvalue weighted by molar-refractivity contribution is 7.92. The SMILES string of the molecule is O=c1[nH][nH]c2ncnc(NS(=O)(=O)c3cccc(Cl)c3Cl)c12. The van der Waals surface area contributed by atoms with Crippen LogP contribution in [-0.4, -0.2) is 28.6 Å². The van der Waals surface area contributed by atoms with Crippen molar-refractivity contribution in [2.75, 3.05) is 4.72 Å². The van der Waals surface area contributed by atoms with Crippen molar-refractivity contribution in [2.45, 2.75) is 4.90 Å². The maximum atomic E-state index is 12.4. The molecule has 0 amide bonds. The summed E-state index contributed by atoms with van der Waals surface area (Å²) >= 11 is 11.7. The molecule has 2 heterocycles. The maximum Gasteiger partial charge on any atom is 0.277 e. The first-order valence-corrected chi connectivity index (χ1v) is 8.02. The Morgan fingerprint density at radius 2 is 1.91 bits per heavy atom. The molecule has 1 aromatic carbocycles. The molecule has 0 saturated heterocycles. The predicted molar refractivity (Wildman–Crippen MR) is 81.8 cm³/mol. The van der Waals surface area contributed by atoms with E-state index < -0.39 is 15.6 Å². The third-order valence-corrected chi connectivity index (χ3v) is 5.12. The summed E-state index contributed by atoms with van der Waals surface area (Å²) < 4.78 is 27.0. The van der Waals surface area contributed by atoms with Crippen LogP contribution in [0.1, 0.15) is 0 Å². The average Bonchev–Trinajstić information content (AvgIpc) is 2.84. The minimum Gasteiger partial charge on any atom is -0.281 e. The fraction of sp³-hybridized carbons (Fsp3) is 0. The van der Waals surface area contributed by atoms with E-state index in [1.165, 1.54) is 18.2 Å². The molecule has 3 N–H and O–H groups in total. The highest BCUT2D eigenvalue weighted by Crippen LogP contribution is 2.30. The van der Waals surface area contributed by atoms with Crippen LogP contribution < -0.4 is 10.3 Å². The van der Waals surface area contributed by atoms with Gasteiger partial charge in [-0.2, -0.15) is 0 Å². The molecule has 0 aliphatic rings. The highest BCUT2D eigenvalue weighted by atomic mass is 35.5. The Hall–Kier alpha value is -2.10. The molecule has 22 heavy (non-hydrogen) atoms. The Kier molecular flexibility index (Phi) is 3.55. The van der Waals surface area contributed by atoms with Gasteiger partial charge in [-0.3, -0.25) is 19.7 Å². The number of nitrogens with one attached hydrogen (secondary N) is 3. The molecular weight excluding hydrogens is 353 g/mol. The number of aromatic nitrogens is 4. The van der Waals surface area contributed by atoms with Crippen LogP contribution in [0.4, 0.5) is 5.82 Å². The Balaban J connectivity index is 2.13. The van der Waals surface area contributed by atoms with E-state index in [0.717, 1.165) is 6.33 Å². The number of halogens is 2. The molecule has 2 aromatic heterocycles. The van der Waals surface area contributed by atoms with Crippen LogP contribution in [0.15, 0.2) is 34.2 Å². The van der Waals surface area contributed by atoms with Gasteiger partial charge in [0, 0.05) is 0 Å². The molecule has 0 bridgehead atoms. The lowest BCUT2D eigenvalue weighted by atomic mass is 10.4. The monoisotopic (exact) mass is 359 g/mol. The zero-order valence-corrected chi connectivity index (χ0v) is 12.9. The zero-order chi connectivity index (χ0) is 15.9. The molecule has 0 aliphatic carbocycles. The molecule has 3 rings (SSSR count). The summed E-state index contributed by atoms with van der Waals surface area (Å²) in [6.07, 6.45) is 1.11. The Bertz CT molecular complexity index is 1030. The molecule has 8 nitrogen and oxygen atoms in total. The number of hydrogen-bond donors (Lipinski definition) is 3. The van der Waals surface area contributed by atoms with Crippen LogP contribution in [0.3, 0.4) is 0 Å². The predicted octanol–water partition coefficient (Wildman–Crippen LogP) is 1.75. The van der Waals surface area contributed by atoms with E-state index in [2.05, 4.69) is 24.9 Å². The number of rotatable bonds is 3. The number of aromatic amines is 2. The number of H-pyrrole nitrogens is 2. The topological polar surface area (TPSA) is 121 Å². The molecule has 114 valence electrons. The van der Waals surface area contributed by atoms with Gasteiger partial charge in [0.1, 0.15) is 16.6 Å². The normalized spacial score (nSPS) is 11.7. The largest absolute Gasteiger partial charge is 0.281 e. The van der Waals surface area contributed by atoms with Gasteiger partial charge in [-0.05, 0) is 12.1 Å². The lowest BCUT2D eigenvalue weighted by Crippen LogP contribution is -2.16. The fourth-order valence-corrected chi connectivity index (χ4v) is 3.61. The first-order valence-electron chi connectivity index (χ1n) is 5.78. The van der Waals surface area contributed by atoms with E-state index in [-0.39, 0.29) is 31.8 Å². The average molecular weight is 360 g/mol. The molecule has 0 spiro atoms. The quantitative estimate of drug-likeness (QED) is 0.657. The van der Waals surface area contributed by atoms with Crippen molar-refractivity contribution >= 4 is 50.1 Å². The highest BCUT2D eigenvalue weighted by Gasteiger charge is 2.22. The second-order valence-electron chi connectivity index (χ2n) is 4.18. The van der Waals surface area contributed by atoms with Crippen LogP contribution in [-0.2, 0) is 10.0 Å². The molecule has 11 heteroatoms. The van der Waals surface area contributed by atoms with Crippen molar-refractivity contribution in [3.05, 3.63) is 44.9 Å². The van der Waals surface area contributed by atoms with Gasteiger partial charge in [-0.25, -0.2) is 18.4 Å². The van der Waals surface area contributed by atoms with Gasteiger partial charge in [0.2, 0.25) is 0 Å². The molecule has 0 atom stereocenters. The van der Waals surface area contributed by atoms with Gasteiger partial charge in [0.25, 0.3) is 15.6 Å². The van der Waals surface area contributed by atoms with Crippen LogP contribution in [0, 0.1) is 0 Å². The van der Waals surface area contributed by atoms with Crippen molar-refractivity contribution in [1.29, 1.82) is 0 Å². The van der Waals surface area contributed by atoms with Crippen molar-refractivity contribution in [3.8, 4) is 0 Å². The van der Waals surface area contributed by atoms with Gasteiger partial charge in [-0.15, -0.1) is 0 Å². The molecule has 0 saturated carbocycles. The van der Waals surface area contributed by atoms with Gasteiger partial charge in [-0.1, -0.05) is 29.3 Å². The van der Waals surface area contributed by atoms with Gasteiger partial charge >= 0.3 is 0 Å². The maximum absolute atomic E-state index is 12.4. The number of anilines is 1. The summed E-state index contributed by atoms with van der Waals surface area (Å²) in [5.41, 5.74) is -0.375. The fourth-order valence-electron chi connectivity index (χ4n) is 1.83. The van der Waals surface area contributed by atoms with Crippen LogP contribution in [0.2, 0.25) is 10.0 Å². The molecule has 0 fully saturated rings. The summed E-state index contributed by atoms with van der Waals surface area (Å²) in [4.78, 5) is 19.1. The Labute approximate surface area is 133 Å². The van der Waals surface area contributed by atoms with Crippen molar-refractivity contribution in [3.63, 3.8) is 0 Å². The number of nitrogens with zero attached hydrogens (tertiary/aromatic N) is 2. The summed E-state index contributed by atoms with van der Waals surface area (Å²) in [5.74, 6) is -0.163. The zero-order valence-electron chi connectivity index (χ0n) is 10.6. The van der Waals surface area contributed by atoms with Gasteiger partial charge in [0.05, 0.1) is 10.0 Å². The smallest absolute Gasteiger partial charge is 0.277 e. The van der Waals surface area contributed by atoms with Gasteiger partial charge in [0.15, 0.2) is 11.5 Å². The first-order chi connectivity index (χ1) is 10.4. The molecule has 0 aliphatic heterocycles. The van der Waals surface area contributed by atoms with Crippen LogP contribution in [0.25, 0.3) is 11.0 Å².